The zero-order chi connectivity index (χ0) is 23.4. The lowest BCUT2D eigenvalue weighted by Gasteiger charge is -2.24. The highest BCUT2D eigenvalue weighted by atomic mass is 16.5. The number of allylic oxidation sites excluding steroid dienone is 8. The molecule has 0 radical (unpaired) electrons. The van der Waals surface area contributed by atoms with Gasteiger partial charge in [-0.2, -0.15) is 0 Å². The Bertz CT molecular complexity index is 1410. The average molecular weight is 450 g/mol. The fraction of sp³-hybridized carbons (Fsp3) is 0.172. The van der Waals surface area contributed by atoms with Crippen LogP contribution in [-0.2, 0) is 11.2 Å². The molecule has 2 aromatic carbocycles. The molecule has 0 saturated carbocycles. The molecule has 0 atom stereocenters. The molecule has 5 nitrogen and oxygen atoms in total. The summed E-state index contributed by atoms with van der Waals surface area (Å²) in [5, 5.41) is 3.45. The SMILES string of the molecule is CC1=CC(=C2C(=O)c3ccccc3C2=O)C=C(/C=C2\C=C(C)c3cc4c(cc3O2)NCCC4)O1. The highest BCUT2D eigenvalue weighted by molar-refractivity contribution is 6.40. The van der Waals surface area contributed by atoms with Gasteiger partial charge in [-0.1, -0.05) is 24.3 Å². The van der Waals surface area contributed by atoms with Crippen molar-refractivity contribution in [2.45, 2.75) is 26.7 Å². The third-order valence-electron chi connectivity index (χ3n) is 6.53. The molecule has 6 rings (SSSR count). The number of Topliss-reactive ketones (excluding diaryl/α,β-unsaturated/α-hetero) is 2. The molecule has 1 N–H and O–H groups in total. The van der Waals surface area contributed by atoms with E-state index in [4.69, 9.17) is 9.47 Å². The number of nitrogens with one attached hydrogen (secondary N) is 1. The smallest absolute Gasteiger partial charge is 0.198 e. The van der Waals surface area contributed by atoms with Crippen molar-refractivity contribution in [1.82, 2.24) is 0 Å². The molecule has 0 spiro atoms. The van der Waals surface area contributed by atoms with Gasteiger partial charge in [0.15, 0.2) is 11.6 Å². The fourth-order valence-corrected chi connectivity index (χ4v) is 4.94. The first-order valence-corrected chi connectivity index (χ1v) is 11.5. The molecule has 4 aliphatic rings. The van der Waals surface area contributed by atoms with E-state index in [1.54, 1.807) is 49.4 Å². The van der Waals surface area contributed by atoms with Gasteiger partial charge in [-0.05, 0) is 67.7 Å². The van der Waals surface area contributed by atoms with Gasteiger partial charge in [0.25, 0.3) is 0 Å². The first-order valence-electron chi connectivity index (χ1n) is 11.5. The third kappa shape index (κ3) is 3.32. The molecule has 168 valence electrons. The standard InChI is InChI=1S/C29H23NO4/c1-16-10-20(34-26-15-25-18(13-24(16)26)6-5-9-30-25)14-21-12-19(11-17(2)33-21)27-28(31)22-7-3-4-8-23(22)29(27)32/h3-4,7-8,10-15,30H,5-6,9H2,1-2H3/b20-14+. The van der Waals surface area contributed by atoms with Gasteiger partial charge in [-0.3, -0.25) is 9.59 Å². The van der Waals surface area contributed by atoms with E-state index in [0.29, 0.717) is 34.0 Å². The summed E-state index contributed by atoms with van der Waals surface area (Å²) in [5.74, 6) is 2.05. The molecule has 0 amide bonds. The van der Waals surface area contributed by atoms with Gasteiger partial charge in [-0.25, -0.2) is 0 Å². The average Bonchev–Trinajstić information content (AvgIpc) is 3.08. The van der Waals surface area contributed by atoms with E-state index in [2.05, 4.69) is 24.4 Å². The normalized spacial score (nSPS) is 19.8. The van der Waals surface area contributed by atoms with Crippen molar-refractivity contribution in [3.05, 3.63) is 111 Å². The zero-order valence-electron chi connectivity index (χ0n) is 19.0. The van der Waals surface area contributed by atoms with Crippen molar-refractivity contribution in [3.63, 3.8) is 0 Å². The van der Waals surface area contributed by atoms with Gasteiger partial charge in [0, 0.05) is 41.1 Å². The summed E-state index contributed by atoms with van der Waals surface area (Å²) in [6, 6.07) is 11.2. The quantitative estimate of drug-likeness (QED) is 0.433. The number of carbonyl (C=O) groups is 2. The summed E-state index contributed by atoms with van der Waals surface area (Å²) in [6.45, 7) is 4.84. The van der Waals surface area contributed by atoms with Crippen LogP contribution < -0.4 is 10.1 Å². The lowest BCUT2D eigenvalue weighted by Crippen LogP contribution is -2.13. The van der Waals surface area contributed by atoms with Crippen LogP contribution in [0.25, 0.3) is 5.57 Å². The minimum Gasteiger partial charge on any atom is -0.462 e. The molecule has 3 aliphatic heterocycles. The minimum absolute atomic E-state index is 0.180. The van der Waals surface area contributed by atoms with Crippen LogP contribution in [0.2, 0.25) is 0 Å². The summed E-state index contributed by atoms with van der Waals surface area (Å²) < 4.78 is 12.1. The first kappa shape index (κ1) is 20.5. The molecule has 34 heavy (non-hydrogen) atoms. The van der Waals surface area contributed by atoms with Crippen molar-refractivity contribution < 1.29 is 19.1 Å². The van der Waals surface area contributed by atoms with E-state index >= 15 is 0 Å². The largest absolute Gasteiger partial charge is 0.462 e. The first-order chi connectivity index (χ1) is 16.5. The molecule has 0 bridgehead atoms. The molecule has 3 heterocycles. The Balaban J connectivity index is 1.37. The van der Waals surface area contributed by atoms with Gasteiger partial charge in [-0.15, -0.1) is 0 Å². The van der Waals surface area contributed by atoms with Crippen molar-refractivity contribution >= 4 is 22.8 Å². The summed E-state index contributed by atoms with van der Waals surface area (Å²) in [4.78, 5) is 25.9. The van der Waals surface area contributed by atoms with Crippen molar-refractivity contribution in [2.75, 3.05) is 11.9 Å². The Morgan fingerprint density at radius 2 is 1.68 bits per heavy atom. The molecule has 0 fully saturated rings. The van der Waals surface area contributed by atoms with Crippen LogP contribution in [-0.4, -0.2) is 18.1 Å². The number of hydrogen-bond donors (Lipinski definition) is 1. The lowest BCUT2D eigenvalue weighted by molar-refractivity contribution is 0.0988. The van der Waals surface area contributed by atoms with E-state index in [0.717, 1.165) is 42.0 Å². The monoisotopic (exact) mass is 449 g/mol. The van der Waals surface area contributed by atoms with Gasteiger partial charge in [0.2, 0.25) is 0 Å². The molecule has 0 saturated heterocycles. The van der Waals surface area contributed by atoms with Crippen molar-refractivity contribution in [3.8, 4) is 5.75 Å². The molecular weight excluding hydrogens is 426 g/mol. The third-order valence-corrected chi connectivity index (χ3v) is 6.53. The minimum atomic E-state index is -0.249. The van der Waals surface area contributed by atoms with Crippen LogP contribution in [0.4, 0.5) is 5.69 Å². The van der Waals surface area contributed by atoms with Crippen LogP contribution in [0.3, 0.4) is 0 Å². The number of ketones is 2. The number of benzene rings is 2. The van der Waals surface area contributed by atoms with E-state index in [9.17, 15) is 9.59 Å². The zero-order valence-corrected chi connectivity index (χ0v) is 19.0. The maximum absolute atomic E-state index is 13.0. The van der Waals surface area contributed by atoms with Crippen LogP contribution in [0.1, 0.15) is 52.1 Å². The second-order valence-electron chi connectivity index (χ2n) is 8.95. The van der Waals surface area contributed by atoms with Gasteiger partial charge >= 0.3 is 0 Å². The topological polar surface area (TPSA) is 64.6 Å². The lowest BCUT2D eigenvalue weighted by atomic mass is 9.95. The fourth-order valence-electron chi connectivity index (χ4n) is 4.94. The van der Waals surface area contributed by atoms with E-state index in [-0.39, 0.29) is 17.1 Å². The molecular formula is C29H23NO4. The van der Waals surface area contributed by atoms with E-state index < -0.39 is 0 Å². The van der Waals surface area contributed by atoms with Crippen LogP contribution in [0.15, 0.2) is 89.1 Å². The van der Waals surface area contributed by atoms with E-state index in [1.807, 2.05) is 6.08 Å². The molecule has 0 aromatic heterocycles. The number of carbonyl (C=O) groups excluding carboxylic acids is 2. The molecule has 1 aliphatic carbocycles. The number of anilines is 1. The molecule has 0 unspecified atom stereocenters. The Morgan fingerprint density at radius 3 is 2.44 bits per heavy atom. The number of hydrogen-bond acceptors (Lipinski definition) is 5. The van der Waals surface area contributed by atoms with Gasteiger partial charge in [0.1, 0.15) is 23.0 Å². The van der Waals surface area contributed by atoms with Crippen LogP contribution in [0, 0.1) is 0 Å². The highest BCUT2D eigenvalue weighted by Crippen LogP contribution is 2.39. The summed E-state index contributed by atoms with van der Waals surface area (Å²) in [5.41, 5.74) is 6.27. The predicted molar refractivity (Wildman–Crippen MR) is 131 cm³/mol. The van der Waals surface area contributed by atoms with Crippen molar-refractivity contribution in [2.24, 2.45) is 0 Å². The maximum atomic E-state index is 13.0. The van der Waals surface area contributed by atoms with Gasteiger partial charge in [0.05, 0.1) is 5.57 Å². The number of ether oxygens (including phenoxy) is 2. The Morgan fingerprint density at radius 1 is 0.912 bits per heavy atom. The molecule has 5 heteroatoms. The Kier molecular flexibility index (Phi) is 4.66. The second kappa shape index (κ2) is 7.73. The Hall–Kier alpha value is -4.12. The summed E-state index contributed by atoms with van der Waals surface area (Å²) >= 11 is 0. The summed E-state index contributed by atoms with van der Waals surface area (Å²) in [6.07, 6.45) is 9.44. The predicted octanol–water partition coefficient (Wildman–Crippen LogP) is 5.92. The van der Waals surface area contributed by atoms with Crippen molar-refractivity contribution in [1.29, 1.82) is 0 Å². The number of rotatable bonds is 1. The maximum Gasteiger partial charge on any atom is 0.198 e. The van der Waals surface area contributed by atoms with Crippen LogP contribution >= 0.6 is 0 Å². The van der Waals surface area contributed by atoms with Gasteiger partial charge < -0.3 is 14.8 Å². The second-order valence-corrected chi connectivity index (χ2v) is 8.95. The Labute approximate surface area is 197 Å². The van der Waals surface area contributed by atoms with E-state index in [1.165, 1.54) is 5.56 Å². The number of aryl methyl sites for hydroxylation is 1. The highest BCUT2D eigenvalue weighted by Gasteiger charge is 2.35. The van der Waals surface area contributed by atoms with Crippen LogP contribution in [0.5, 0.6) is 5.75 Å². The molecule has 2 aromatic rings. The summed E-state index contributed by atoms with van der Waals surface area (Å²) in [7, 11) is 0. The number of fused-ring (bicyclic) bond motifs is 3.